The number of rotatable bonds is 4. The van der Waals surface area contributed by atoms with Crippen molar-refractivity contribution in [3.8, 4) is 0 Å². The van der Waals surface area contributed by atoms with E-state index in [2.05, 4.69) is 5.32 Å². The van der Waals surface area contributed by atoms with E-state index in [-0.39, 0.29) is 12.1 Å². The normalized spacial score (nSPS) is 27.4. The lowest BCUT2D eigenvalue weighted by Gasteiger charge is -2.42. The maximum Gasteiger partial charge on any atom is 0.416 e. The van der Waals surface area contributed by atoms with Crippen molar-refractivity contribution < 1.29 is 27.7 Å². The minimum atomic E-state index is -4.32. The standard InChI is InChI=1S/C23H24F3NO3/c24-23(25,26)18-7-9-19(10-8-18)27-20-12-14-22(15-13-20)28-16-21(29-30-22)11-6-17-4-2-1-3-5-17/h1-11,20-21,27H,12-16H2. The predicted molar refractivity (Wildman–Crippen MR) is 107 cm³/mol. The number of benzene rings is 2. The van der Waals surface area contributed by atoms with Crippen LogP contribution in [0.1, 0.15) is 36.8 Å². The Hall–Kier alpha value is -2.35. The summed E-state index contributed by atoms with van der Waals surface area (Å²) in [6.07, 6.45) is 2.16. The summed E-state index contributed by atoms with van der Waals surface area (Å²) in [5.41, 5.74) is 1.11. The Balaban J connectivity index is 1.24. The highest BCUT2D eigenvalue weighted by atomic mass is 19.4. The fourth-order valence-corrected chi connectivity index (χ4v) is 3.73. The maximum atomic E-state index is 12.7. The van der Waals surface area contributed by atoms with Gasteiger partial charge in [0.1, 0.15) is 6.10 Å². The van der Waals surface area contributed by atoms with Crippen LogP contribution in [-0.2, 0) is 20.7 Å². The van der Waals surface area contributed by atoms with Gasteiger partial charge in [0.15, 0.2) is 0 Å². The average molecular weight is 419 g/mol. The van der Waals surface area contributed by atoms with Crippen LogP contribution in [0.2, 0.25) is 0 Å². The van der Waals surface area contributed by atoms with Crippen molar-refractivity contribution in [2.75, 3.05) is 11.9 Å². The molecule has 2 fully saturated rings. The van der Waals surface area contributed by atoms with Gasteiger partial charge in [0.05, 0.1) is 12.2 Å². The van der Waals surface area contributed by atoms with Gasteiger partial charge in [-0.15, -0.1) is 0 Å². The van der Waals surface area contributed by atoms with Crippen molar-refractivity contribution in [3.05, 3.63) is 71.8 Å². The van der Waals surface area contributed by atoms with Crippen LogP contribution < -0.4 is 5.32 Å². The third-order valence-electron chi connectivity index (χ3n) is 5.47. The number of halogens is 3. The van der Waals surface area contributed by atoms with E-state index >= 15 is 0 Å². The third kappa shape index (κ3) is 5.22. The summed E-state index contributed by atoms with van der Waals surface area (Å²) >= 11 is 0. The molecule has 4 rings (SSSR count). The van der Waals surface area contributed by atoms with Crippen LogP contribution in [0.3, 0.4) is 0 Å². The third-order valence-corrected chi connectivity index (χ3v) is 5.47. The molecule has 1 saturated carbocycles. The summed E-state index contributed by atoms with van der Waals surface area (Å²) in [7, 11) is 0. The van der Waals surface area contributed by atoms with Crippen LogP contribution in [0.15, 0.2) is 60.7 Å². The molecule has 1 unspecified atom stereocenters. The molecule has 1 heterocycles. The van der Waals surface area contributed by atoms with Gasteiger partial charge in [-0.2, -0.15) is 13.2 Å². The largest absolute Gasteiger partial charge is 0.416 e. The number of ether oxygens (including phenoxy) is 1. The molecular formula is C23H24F3NO3. The molecule has 1 atom stereocenters. The van der Waals surface area contributed by atoms with E-state index < -0.39 is 17.5 Å². The Kier molecular flexibility index (Phi) is 6.13. The van der Waals surface area contributed by atoms with Crippen LogP contribution in [0.5, 0.6) is 0 Å². The molecule has 7 heteroatoms. The second-order valence-electron chi connectivity index (χ2n) is 7.70. The topological polar surface area (TPSA) is 39.7 Å². The molecule has 1 saturated heterocycles. The number of hydrogen-bond donors (Lipinski definition) is 1. The first kappa shape index (κ1) is 20.9. The zero-order valence-electron chi connectivity index (χ0n) is 16.4. The van der Waals surface area contributed by atoms with Crippen LogP contribution in [0.4, 0.5) is 18.9 Å². The highest BCUT2D eigenvalue weighted by Gasteiger charge is 2.42. The Labute approximate surface area is 173 Å². The van der Waals surface area contributed by atoms with Crippen molar-refractivity contribution in [2.24, 2.45) is 0 Å². The van der Waals surface area contributed by atoms with Crippen molar-refractivity contribution in [1.82, 2.24) is 0 Å². The summed E-state index contributed by atoms with van der Waals surface area (Å²) in [4.78, 5) is 11.2. The zero-order valence-corrected chi connectivity index (χ0v) is 16.4. The van der Waals surface area contributed by atoms with Gasteiger partial charge in [0.25, 0.3) is 0 Å². The summed E-state index contributed by atoms with van der Waals surface area (Å²) < 4.78 is 44.0. The average Bonchev–Trinajstić information content (AvgIpc) is 2.76. The quantitative estimate of drug-likeness (QED) is 0.635. The van der Waals surface area contributed by atoms with Gasteiger partial charge in [0.2, 0.25) is 5.79 Å². The van der Waals surface area contributed by atoms with Crippen molar-refractivity contribution in [2.45, 2.75) is 49.8 Å². The maximum absolute atomic E-state index is 12.7. The van der Waals surface area contributed by atoms with Gasteiger partial charge >= 0.3 is 6.18 Å². The Bertz CT molecular complexity index is 834. The van der Waals surface area contributed by atoms with E-state index in [0.717, 1.165) is 30.5 Å². The molecule has 4 nitrogen and oxygen atoms in total. The second kappa shape index (κ2) is 8.79. The fourth-order valence-electron chi connectivity index (χ4n) is 3.73. The first-order valence-corrected chi connectivity index (χ1v) is 10.1. The number of alkyl halides is 3. The van der Waals surface area contributed by atoms with E-state index in [4.69, 9.17) is 14.5 Å². The summed E-state index contributed by atoms with van der Waals surface area (Å²) in [6, 6.07) is 15.2. The monoisotopic (exact) mass is 419 g/mol. The lowest BCUT2D eigenvalue weighted by molar-refractivity contribution is -0.485. The van der Waals surface area contributed by atoms with Crippen LogP contribution in [0, 0.1) is 0 Å². The van der Waals surface area contributed by atoms with Crippen LogP contribution in [-0.4, -0.2) is 24.5 Å². The SMILES string of the molecule is FC(F)(F)c1ccc(NC2CCC3(CC2)OCC(C=Cc2ccccc2)OO3)cc1. The molecule has 1 aliphatic heterocycles. The Morgan fingerprint density at radius 1 is 0.967 bits per heavy atom. The van der Waals surface area contributed by atoms with Gasteiger partial charge in [-0.25, -0.2) is 9.78 Å². The highest BCUT2D eigenvalue weighted by Crippen LogP contribution is 2.37. The molecule has 2 aromatic rings. The zero-order chi connectivity index (χ0) is 21.0. The number of hydrogen-bond acceptors (Lipinski definition) is 4. The summed E-state index contributed by atoms with van der Waals surface area (Å²) in [6.45, 7) is 0.417. The van der Waals surface area contributed by atoms with Crippen LogP contribution >= 0.6 is 0 Å². The predicted octanol–water partition coefficient (Wildman–Crippen LogP) is 5.82. The van der Waals surface area contributed by atoms with Gasteiger partial charge < -0.3 is 10.1 Å². The number of anilines is 1. The van der Waals surface area contributed by atoms with E-state index in [0.29, 0.717) is 25.1 Å². The molecule has 0 aromatic heterocycles. The molecule has 0 radical (unpaired) electrons. The van der Waals surface area contributed by atoms with Gasteiger partial charge in [-0.3, -0.25) is 0 Å². The highest BCUT2D eigenvalue weighted by molar-refractivity contribution is 5.49. The molecule has 1 aliphatic carbocycles. The molecule has 0 amide bonds. The van der Waals surface area contributed by atoms with E-state index in [1.54, 1.807) is 0 Å². The number of nitrogens with one attached hydrogen (secondary N) is 1. The van der Waals surface area contributed by atoms with Crippen molar-refractivity contribution in [1.29, 1.82) is 0 Å². The van der Waals surface area contributed by atoms with E-state index in [1.165, 1.54) is 12.1 Å². The molecule has 0 bridgehead atoms. The van der Waals surface area contributed by atoms with E-state index in [9.17, 15) is 13.2 Å². The molecule has 30 heavy (non-hydrogen) atoms. The fraction of sp³-hybridized carbons (Fsp3) is 0.391. The van der Waals surface area contributed by atoms with Gasteiger partial charge in [-0.1, -0.05) is 36.4 Å². The Morgan fingerprint density at radius 3 is 2.27 bits per heavy atom. The minimum absolute atomic E-state index is 0.148. The van der Waals surface area contributed by atoms with Crippen molar-refractivity contribution >= 4 is 11.8 Å². The second-order valence-corrected chi connectivity index (χ2v) is 7.70. The lowest BCUT2D eigenvalue weighted by atomic mass is 9.89. The lowest BCUT2D eigenvalue weighted by Crippen LogP contribution is -2.48. The Morgan fingerprint density at radius 2 is 1.67 bits per heavy atom. The van der Waals surface area contributed by atoms with Gasteiger partial charge in [-0.05, 0) is 48.7 Å². The summed E-state index contributed by atoms with van der Waals surface area (Å²) in [5, 5.41) is 3.30. The van der Waals surface area contributed by atoms with Gasteiger partial charge in [0, 0.05) is 24.6 Å². The molecule has 2 aliphatic rings. The molecular weight excluding hydrogens is 395 g/mol. The summed E-state index contributed by atoms with van der Waals surface area (Å²) in [5.74, 6) is -0.741. The first-order valence-electron chi connectivity index (χ1n) is 10.1. The smallest absolute Gasteiger partial charge is 0.382 e. The van der Waals surface area contributed by atoms with Crippen LogP contribution in [0.25, 0.3) is 6.08 Å². The molecule has 160 valence electrons. The minimum Gasteiger partial charge on any atom is -0.382 e. The van der Waals surface area contributed by atoms with Crippen molar-refractivity contribution in [3.63, 3.8) is 0 Å². The molecule has 1 spiro atoms. The van der Waals surface area contributed by atoms with E-state index in [1.807, 2.05) is 42.5 Å². The first-order chi connectivity index (χ1) is 14.4. The molecule has 2 aromatic carbocycles. The molecule has 1 N–H and O–H groups in total.